The van der Waals surface area contributed by atoms with E-state index < -0.39 is 0 Å². The number of nitrogens with one attached hydrogen (secondary N) is 2. The third kappa shape index (κ3) is 4.22. The summed E-state index contributed by atoms with van der Waals surface area (Å²) in [6.07, 6.45) is 8.38. The maximum Gasteiger partial charge on any atom is 0.317 e. The van der Waals surface area contributed by atoms with Gasteiger partial charge in [-0.05, 0) is 37.5 Å². The van der Waals surface area contributed by atoms with Gasteiger partial charge in [-0.25, -0.2) is 24.1 Å². The second-order valence-corrected chi connectivity index (χ2v) is 7.31. The number of amides is 2. The Labute approximate surface area is 174 Å². The molecular weight excluding hydrogens is 383 g/mol. The highest BCUT2D eigenvalue weighted by molar-refractivity contribution is 5.74. The highest BCUT2D eigenvalue weighted by Crippen LogP contribution is 2.24. The van der Waals surface area contributed by atoms with Crippen LogP contribution in [0.5, 0.6) is 0 Å². The molecule has 0 radical (unpaired) electrons. The maximum atomic E-state index is 13.4. The van der Waals surface area contributed by atoms with E-state index in [0.29, 0.717) is 23.9 Å². The number of carbonyl (C=O) groups is 1. The van der Waals surface area contributed by atoms with Gasteiger partial charge in [0.1, 0.15) is 11.6 Å². The summed E-state index contributed by atoms with van der Waals surface area (Å²) in [6.45, 7) is 3.41. The van der Waals surface area contributed by atoms with Crippen molar-refractivity contribution in [3.05, 3.63) is 60.1 Å². The van der Waals surface area contributed by atoms with Gasteiger partial charge in [0.25, 0.3) is 0 Å². The molecule has 30 heavy (non-hydrogen) atoms. The fraction of sp³-hybridized carbons (Fsp3) is 0.273. The van der Waals surface area contributed by atoms with Gasteiger partial charge in [0.2, 0.25) is 0 Å². The molecule has 0 aliphatic carbocycles. The van der Waals surface area contributed by atoms with Crippen molar-refractivity contribution in [3.63, 3.8) is 0 Å². The van der Waals surface area contributed by atoms with Crippen LogP contribution in [-0.2, 0) is 0 Å². The largest absolute Gasteiger partial charge is 0.342 e. The Morgan fingerprint density at radius 3 is 2.83 bits per heavy atom. The highest BCUT2D eigenvalue weighted by atomic mass is 19.1. The lowest BCUT2D eigenvalue weighted by Crippen LogP contribution is -2.36. The summed E-state index contributed by atoms with van der Waals surface area (Å²) >= 11 is 0. The van der Waals surface area contributed by atoms with Crippen molar-refractivity contribution in [1.29, 1.82) is 0 Å². The molecular formula is C22H23FN6O. The first kappa shape index (κ1) is 19.8. The molecule has 1 unspecified atom stereocenters. The Morgan fingerprint density at radius 1 is 1.30 bits per heavy atom. The number of halogens is 1. The van der Waals surface area contributed by atoms with Crippen LogP contribution in [0.2, 0.25) is 0 Å². The first-order chi connectivity index (χ1) is 14.5. The number of urea groups is 1. The van der Waals surface area contributed by atoms with Crippen LogP contribution < -0.4 is 5.32 Å². The average molecular weight is 406 g/mol. The molecule has 3 heterocycles. The predicted octanol–water partition coefficient (Wildman–Crippen LogP) is 3.66. The molecule has 0 bridgehead atoms. The van der Waals surface area contributed by atoms with Crippen molar-refractivity contribution in [2.24, 2.45) is 5.92 Å². The fourth-order valence-electron chi connectivity index (χ4n) is 3.58. The first-order valence-electron chi connectivity index (χ1n) is 9.83. The van der Waals surface area contributed by atoms with E-state index in [0.717, 1.165) is 35.7 Å². The average Bonchev–Trinajstić information content (AvgIpc) is 3.38. The minimum atomic E-state index is -0.319. The van der Waals surface area contributed by atoms with E-state index in [9.17, 15) is 9.18 Å². The number of hydrogen-bond acceptors (Lipinski definition) is 4. The van der Waals surface area contributed by atoms with Crippen molar-refractivity contribution < 1.29 is 9.18 Å². The second kappa shape index (κ2) is 8.44. The Bertz CT molecular complexity index is 1080. The number of benzene rings is 1. The zero-order valence-corrected chi connectivity index (χ0v) is 16.9. The zero-order chi connectivity index (χ0) is 21.1. The Balaban J connectivity index is 1.47. The van der Waals surface area contributed by atoms with Crippen molar-refractivity contribution in [2.75, 3.05) is 20.1 Å². The van der Waals surface area contributed by atoms with Gasteiger partial charge in [0.05, 0.1) is 5.69 Å². The normalized spacial score (nSPS) is 16.4. The van der Waals surface area contributed by atoms with E-state index in [1.165, 1.54) is 12.1 Å². The number of rotatable bonds is 4. The topological polar surface area (TPSA) is 86.8 Å². The Kier molecular flexibility index (Phi) is 5.56. The molecule has 2 aromatic heterocycles. The number of aromatic nitrogens is 4. The molecule has 0 spiro atoms. The van der Waals surface area contributed by atoms with Crippen LogP contribution in [0.3, 0.4) is 0 Å². The summed E-state index contributed by atoms with van der Waals surface area (Å²) in [5.74, 6) is 1.20. The summed E-state index contributed by atoms with van der Waals surface area (Å²) in [5, 5.41) is 2.66. The number of nitrogens with zero attached hydrogens (tertiary/aromatic N) is 4. The van der Waals surface area contributed by atoms with E-state index in [-0.39, 0.29) is 11.8 Å². The van der Waals surface area contributed by atoms with Crippen molar-refractivity contribution in [3.8, 4) is 22.6 Å². The summed E-state index contributed by atoms with van der Waals surface area (Å²) < 4.78 is 13.4. The molecule has 8 heteroatoms. The minimum absolute atomic E-state index is 0.0382. The van der Waals surface area contributed by atoms with Gasteiger partial charge in [-0.2, -0.15) is 0 Å². The molecule has 1 fully saturated rings. The van der Waals surface area contributed by atoms with Crippen molar-refractivity contribution >= 4 is 12.1 Å². The number of hydrogen-bond donors (Lipinski definition) is 2. The molecule has 0 saturated carbocycles. The molecule has 154 valence electrons. The number of likely N-dealkylation sites (tertiary alicyclic amines) is 1. The number of aromatic amines is 1. The molecule has 2 N–H and O–H groups in total. The number of H-pyrrole nitrogens is 1. The SMILES string of the molecule is CNC(=O)N1CCC(/C=C/c2nc(-c3cnc(-c4cccc(F)c4)nc3)c(C)[nH]2)C1. The molecule has 1 aliphatic heterocycles. The van der Waals surface area contributed by atoms with Crippen LogP contribution in [0, 0.1) is 18.7 Å². The molecule has 1 aromatic carbocycles. The molecule has 4 rings (SSSR count). The highest BCUT2D eigenvalue weighted by Gasteiger charge is 2.23. The monoisotopic (exact) mass is 406 g/mol. The summed E-state index contributed by atoms with van der Waals surface area (Å²) in [5.41, 5.74) is 3.11. The molecule has 2 amide bonds. The van der Waals surface area contributed by atoms with Crippen LogP contribution in [-0.4, -0.2) is 51.0 Å². The second-order valence-electron chi connectivity index (χ2n) is 7.31. The molecule has 3 aromatic rings. The van der Waals surface area contributed by atoms with Crippen LogP contribution in [0.25, 0.3) is 28.7 Å². The van der Waals surface area contributed by atoms with E-state index >= 15 is 0 Å². The van der Waals surface area contributed by atoms with E-state index in [1.54, 1.807) is 31.6 Å². The smallest absolute Gasteiger partial charge is 0.317 e. The van der Waals surface area contributed by atoms with Crippen molar-refractivity contribution in [2.45, 2.75) is 13.3 Å². The van der Waals surface area contributed by atoms with E-state index in [4.69, 9.17) is 0 Å². The summed E-state index contributed by atoms with van der Waals surface area (Å²) in [4.78, 5) is 30.2. The Morgan fingerprint density at radius 2 is 2.10 bits per heavy atom. The predicted molar refractivity (Wildman–Crippen MR) is 113 cm³/mol. The lowest BCUT2D eigenvalue weighted by molar-refractivity contribution is 0.210. The van der Waals surface area contributed by atoms with Crippen molar-refractivity contribution in [1.82, 2.24) is 30.2 Å². The van der Waals surface area contributed by atoms with Gasteiger partial charge < -0.3 is 15.2 Å². The number of aryl methyl sites for hydroxylation is 1. The molecule has 7 nitrogen and oxygen atoms in total. The lowest BCUT2D eigenvalue weighted by Gasteiger charge is -2.14. The van der Waals surface area contributed by atoms with E-state index in [2.05, 4.69) is 31.3 Å². The van der Waals surface area contributed by atoms with Crippen LogP contribution >= 0.6 is 0 Å². The maximum absolute atomic E-state index is 13.4. The van der Waals surface area contributed by atoms with Gasteiger partial charge in [-0.1, -0.05) is 18.2 Å². The molecule has 1 atom stereocenters. The number of carbonyl (C=O) groups excluding carboxylic acids is 1. The van der Waals surface area contributed by atoms with Crippen LogP contribution in [0.15, 0.2) is 42.7 Å². The zero-order valence-electron chi connectivity index (χ0n) is 16.9. The first-order valence-corrected chi connectivity index (χ1v) is 9.83. The minimum Gasteiger partial charge on any atom is -0.342 e. The van der Waals surface area contributed by atoms with Gasteiger partial charge in [-0.15, -0.1) is 0 Å². The third-order valence-electron chi connectivity index (χ3n) is 5.16. The standard InChI is InChI=1S/C22H23FN6O/c1-14-20(17-11-25-21(26-12-17)16-4-3-5-18(23)10-16)28-19(27-14)7-6-15-8-9-29(13-15)22(30)24-2/h3-7,10-12,15H,8-9,13H2,1-2H3,(H,24,30)(H,27,28)/b7-6+. The quantitative estimate of drug-likeness (QED) is 0.692. The van der Waals surface area contributed by atoms with Gasteiger partial charge >= 0.3 is 6.03 Å². The van der Waals surface area contributed by atoms with Gasteiger partial charge in [0.15, 0.2) is 5.82 Å². The van der Waals surface area contributed by atoms with E-state index in [1.807, 2.05) is 17.9 Å². The Hall–Kier alpha value is -3.55. The van der Waals surface area contributed by atoms with Crippen LogP contribution in [0.4, 0.5) is 9.18 Å². The molecule has 1 saturated heterocycles. The lowest BCUT2D eigenvalue weighted by atomic mass is 10.1. The molecule has 1 aliphatic rings. The summed E-state index contributed by atoms with van der Waals surface area (Å²) in [6, 6.07) is 6.17. The third-order valence-corrected chi connectivity index (χ3v) is 5.16. The fourth-order valence-corrected chi connectivity index (χ4v) is 3.58. The van der Waals surface area contributed by atoms with Crippen LogP contribution in [0.1, 0.15) is 17.9 Å². The number of imidazole rings is 1. The van der Waals surface area contributed by atoms with Gasteiger partial charge in [-0.3, -0.25) is 0 Å². The summed E-state index contributed by atoms with van der Waals surface area (Å²) in [7, 11) is 1.65. The van der Waals surface area contributed by atoms with Gasteiger partial charge in [0, 0.05) is 49.4 Å².